The molecule has 0 aliphatic heterocycles. The third-order valence-electron chi connectivity index (χ3n) is 2.43. The molecule has 0 radical (unpaired) electrons. The van der Waals surface area contributed by atoms with Gasteiger partial charge in [-0.15, -0.1) is 11.3 Å². The minimum absolute atomic E-state index is 0.00747. The summed E-state index contributed by atoms with van der Waals surface area (Å²) in [5.74, 6) is -1.39. The van der Waals surface area contributed by atoms with E-state index in [2.05, 4.69) is 10.6 Å². The summed E-state index contributed by atoms with van der Waals surface area (Å²) in [5, 5.41) is 14.0. The molecule has 7 nitrogen and oxygen atoms in total. The summed E-state index contributed by atoms with van der Waals surface area (Å²) in [6.07, 6.45) is 0.337. The van der Waals surface area contributed by atoms with E-state index in [1.807, 2.05) is 6.92 Å². The highest BCUT2D eigenvalue weighted by Gasteiger charge is 2.17. The van der Waals surface area contributed by atoms with Gasteiger partial charge in [0.05, 0.1) is 12.2 Å². The molecule has 1 rings (SSSR count). The Bertz CT molecular complexity index is 527. The fourth-order valence-corrected chi connectivity index (χ4v) is 2.45. The van der Waals surface area contributed by atoms with Crippen LogP contribution in [0.25, 0.3) is 0 Å². The Kier molecular flexibility index (Phi) is 6.67. The number of esters is 1. The number of thiophene rings is 1. The molecule has 1 heterocycles. The summed E-state index contributed by atoms with van der Waals surface area (Å²) in [7, 11) is 0. The molecule has 0 bridgehead atoms. The number of hydrogen-bond acceptors (Lipinski definition) is 5. The van der Waals surface area contributed by atoms with Gasteiger partial charge in [-0.25, -0.2) is 9.59 Å². The summed E-state index contributed by atoms with van der Waals surface area (Å²) >= 11 is 1.27. The lowest BCUT2D eigenvalue weighted by atomic mass is 10.3. The number of aliphatic carboxylic acids is 1. The summed E-state index contributed by atoms with van der Waals surface area (Å²) in [6.45, 7) is 4.04. The highest BCUT2D eigenvalue weighted by molar-refractivity contribution is 7.16. The van der Waals surface area contributed by atoms with Gasteiger partial charge in [-0.3, -0.25) is 10.1 Å². The first-order chi connectivity index (χ1) is 9.93. The van der Waals surface area contributed by atoms with Gasteiger partial charge in [-0.2, -0.15) is 0 Å². The normalized spacial score (nSPS) is 10.0. The number of amides is 2. The molecule has 8 heteroatoms. The maximum absolute atomic E-state index is 11.7. The minimum atomic E-state index is -0.907. The molecule has 1 aromatic heterocycles. The molecule has 0 fully saturated rings. The monoisotopic (exact) mass is 314 g/mol. The summed E-state index contributed by atoms with van der Waals surface area (Å²) in [4.78, 5) is 34.6. The van der Waals surface area contributed by atoms with Crippen molar-refractivity contribution >= 4 is 34.3 Å². The van der Waals surface area contributed by atoms with E-state index in [-0.39, 0.29) is 19.6 Å². The maximum atomic E-state index is 11.7. The number of aryl methyl sites for hydroxylation is 1. The van der Waals surface area contributed by atoms with Gasteiger partial charge >= 0.3 is 18.0 Å². The van der Waals surface area contributed by atoms with Crippen LogP contribution in [0.4, 0.5) is 9.80 Å². The van der Waals surface area contributed by atoms with Gasteiger partial charge in [-0.1, -0.05) is 0 Å². The van der Waals surface area contributed by atoms with E-state index >= 15 is 0 Å². The van der Waals surface area contributed by atoms with Crippen LogP contribution in [0.1, 0.15) is 35.0 Å². The molecule has 0 aliphatic rings. The summed E-state index contributed by atoms with van der Waals surface area (Å²) in [5.41, 5.74) is 0.319. The van der Waals surface area contributed by atoms with Crippen molar-refractivity contribution in [3.8, 4) is 0 Å². The highest BCUT2D eigenvalue weighted by atomic mass is 32.1. The molecule has 1 aromatic rings. The number of hydrogen-bond donors (Lipinski definition) is 3. The van der Waals surface area contributed by atoms with Crippen LogP contribution < -0.4 is 10.6 Å². The predicted molar refractivity (Wildman–Crippen MR) is 78.9 cm³/mol. The van der Waals surface area contributed by atoms with Gasteiger partial charge in [0, 0.05) is 17.8 Å². The van der Waals surface area contributed by atoms with E-state index in [4.69, 9.17) is 9.84 Å². The fraction of sp³-hybridized carbons (Fsp3) is 0.462. The van der Waals surface area contributed by atoms with Crippen molar-refractivity contribution in [1.29, 1.82) is 0 Å². The topological polar surface area (TPSA) is 105 Å². The van der Waals surface area contributed by atoms with Gasteiger partial charge in [0.1, 0.15) is 5.00 Å². The molecule has 0 saturated heterocycles. The molecular weight excluding hydrogens is 296 g/mol. The average Bonchev–Trinajstić information content (AvgIpc) is 2.75. The Balaban J connectivity index is 2.55. The van der Waals surface area contributed by atoms with Crippen molar-refractivity contribution in [3.05, 3.63) is 16.5 Å². The van der Waals surface area contributed by atoms with Gasteiger partial charge in [0.2, 0.25) is 0 Å². The van der Waals surface area contributed by atoms with Crippen molar-refractivity contribution in [2.45, 2.75) is 26.7 Å². The van der Waals surface area contributed by atoms with Crippen molar-refractivity contribution in [1.82, 2.24) is 5.32 Å². The maximum Gasteiger partial charge on any atom is 0.341 e. The molecule has 0 saturated carbocycles. The van der Waals surface area contributed by atoms with E-state index in [0.717, 1.165) is 4.88 Å². The molecule has 3 N–H and O–H groups in total. The van der Waals surface area contributed by atoms with Crippen LogP contribution in [-0.4, -0.2) is 36.2 Å². The van der Waals surface area contributed by atoms with E-state index in [1.165, 1.54) is 11.3 Å². The van der Waals surface area contributed by atoms with Crippen LogP contribution >= 0.6 is 11.3 Å². The Labute approximate surface area is 126 Å². The van der Waals surface area contributed by atoms with Crippen LogP contribution in [-0.2, 0) is 9.53 Å². The highest BCUT2D eigenvalue weighted by Crippen LogP contribution is 2.28. The zero-order valence-corrected chi connectivity index (χ0v) is 12.7. The van der Waals surface area contributed by atoms with Crippen LogP contribution in [0.3, 0.4) is 0 Å². The molecule has 21 heavy (non-hydrogen) atoms. The van der Waals surface area contributed by atoms with Gasteiger partial charge in [-0.05, 0) is 26.3 Å². The average molecular weight is 314 g/mol. The van der Waals surface area contributed by atoms with Gasteiger partial charge in [0.15, 0.2) is 0 Å². The second-order valence-corrected chi connectivity index (χ2v) is 5.45. The first-order valence-electron chi connectivity index (χ1n) is 6.48. The molecule has 0 atom stereocenters. The number of carboxylic acids is 1. The van der Waals surface area contributed by atoms with Crippen molar-refractivity contribution in [2.75, 3.05) is 18.5 Å². The second-order valence-electron chi connectivity index (χ2n) is 4.20. The van der Waals surface area contributed by atoms with Crippen LogP contribution in [0.5, 0.6) is 0 Å². The van der Waals surface area contributed by atoms with E-state index < -0.39 is 18.0 Å². The number of carbonyl (C=O) groups is 3. The quantitative estimate of drug-likeness (QED) is 0.529. The zero-order chi connectivity index (χ0) is 15.8. The van der Waals surface area contributed by atoms with Crippen LogP contribution in [0.2, 0.25) is 0 Å². The number of carbonyl (C=O) groups excluding carboxylic acids is 2. The minimum Gasteiger partial charge on any atom is -0.481 e. The Morgan fingerprint density at radius 3 is 2.71 bits per heavy atom. The van der Waals surface area contributed by atoms with Crippen molar-refractivity contribution in [3.63, 3.8) is 0 Å². The first-order valence-corrected chi connectivity index (χ1v) is 7.30. The molecule has 0 aromatic carbocycles. The van der Waals surface area contributed by atoms with Gasteiger partial charge < -0.3 is 15.2 Å². The Morgan fingerprint density at radius 2 is 2.10 bits per heavy atom. The predicted octanol–water partition coefficient (Wildman–Crippen LogP) is 2.22. The SMILES string of the molecule is CCOC(=O)c1cc(C)sc1NC(=O)NCCCC(=O)O. The number of carboxylic acid groups (broad SMARTS) is 1. The fourth-order valence-electron chi connectivity index (χ4n) is 1.56. The number of anilines is 1. The molecule has 0 unspecified atom stereocenters. The summed E-state index contributed by atoms with van der Waals surface area (Å²) < 4.78 is 4.92. The standard InChI is InChI=1S/C13H18N2O5S/c1-3-20-12(18)9-7-8(2)21-11(9)15-13(19)14-6-4-5-10(16)17/h7H,3-6H2,1-2H3,(H,16,17)(H2,14,15,19). The Hall–Kier alpha value is -2.09. The number of rotatable bonds is 7. The smallest absolute Gasteiger partial charge is 0.341 e. The van der Waals surface area contributed by atoms with Crippen molar-refractivity contribution in [2.24, 2.45) is 0 Å². The number of ether oxygens (including phenoxy) is 1. The summed E-state index contributed by atoms with van der Waals surface area (Å²) in [6, 6.07) is 1.18. The lowest BCUT2D eigenvalue weighted by Crippen LogP contribution is -2.30. The van der Waals surface area contributed by atoms with Gasteiger partial charge in [0.25, 0.3) is 0 Å². The third kappa shape index (κ3) is 5.82. The lowest BCUT2D eigenvalue weighted by Gasteiger charge is -2.07. The largest absolute Gasteiger partial charge is 0.481 e. The third-order valence-corrected chi connectivity index (χ3v) is 3.40. The number of nitrogens with one attached hydrogen (secondary N) is 2. The Morgan fingerprint density at radius 1 is 1.38 bits per heavy atom. The van der Waals surface area contributed by atoms with Crippen LogP contribution in [0, 0.1) is 6.92 Å². The van der Waals surface area contributed by atoms with E-state index in [0.29, 0.717) is 17.0 Å². The first kappa shape index (κ1) is 17.0. The molecule has 2 amide bonds. The van der Waals surface area contributed by atoms with E-state index in [9.17, 15) is 14.4 Å². The molecular formula is C13H18N2O5S. The number of urea groups is 1. The lowest BCUT2D eigenvalue weighted by molar-refractivity contribution is -0.137. The zero-order valence-electron chi connectivity index (χ0n) is 11.9. The van der Waals surface area contributed by atoms with E-state index in [1.54, 1.807) is 13.0 Å². The molecule has 0 aliphatic carbocycles. The molecule has 0 spiro atoms. The molecule has 116 valence electrons. The van der Waals surface area contributed by atoms with Crippen LogP contribution in [0.15, 0.2) is 6.07 Å². The van der Waals surface area contributed by atoms with Crippen molar-refractivity contribution < 1.29 is 24.2 Å². The second kappa shape index (κ2) is 8.25.